The molecular formula is C15H20O2. The van der Waals surface area contributed by atoms with Crippen LogP contribution in [0.5, 0.6) is 0 Å². The highest BCUT2D eigenvalue weighted by molar-refractivity contribution is 5.37. The number of benzene rings is 1. The van der Waals surface area contributed by atoms with Gasteiger partial charge in [-0.25, -0.2) is 0 Å². The van der Waals surface area contributed by atoms with Gasteiger partial charge in [-0.1, -0.05) is 31.2 Å². The van der Waals surface area contributed by atoms with Crippen LogP contribution in [0.1, 0.15) is 49.7 Å². The van der Waals surface area contributed by atoms with Gasteiger partial charge in [0, 0.05) is 6.42 Å². The van der Waals surface area contributed by atoms with Gasteiger partial charge in [-0.05, 0) is 36.3 Å². The first-order valence-electron chi connectivity index (χ1n) is 6.63. The summed E-state index contributed by atoms with van der Waals surface area (Å²) in [6.07, 6.45) is 3.53. The molecule has 2 aliphatic rings. The number of aliphatic hydroxyl groups is 1. The Kier molecular flexibility index (Phi) is 2.72. The highest BCUT2D eigenvalue weighted by Gasteiger charge is 2.43. The van der Waals surface area contributed by atoms with Crippen LogP contribution >= 0.6 is 0 Å². The minimum absolute atomic E-state index is 0.204. The van der Waals surface area contributed by atoms with Gasteiger partial charge in [0.15, 0.2) is 0 Å². The van der Waals surface area contributed by atoms with Crippen molar-refractivity contribution >= 4 is 0 Å². The van der Waals surface area contributed by atoms with Crippen LogP contribution in [0.3, 0.4) is 0 Å². The van der Waals surface area contributed by atoms with E-state index in [0.717, 1.165) is 25.7 Å². The number of hydrogen-bond acceptors (Lipinski definition) is 2. The highest BCUT2D eigenvalue weighted by Crippen LogP contribution is 2.47. The molecule has 3 unspecified atom stereocenters. The van der Waals surface area contributed by atoms with Gasteiger partial charge in [0.05, 0.1) is 18.3 Å². The Bertz CT molecular complexity index is 415. The van der Waals surface area contributed by atoms with E-state index in [0.29, 0.717) is 12.5 Å². The van der Waals surface area contributed by atoms with Gasteiger partial charge in [-0.2, -0.15) is 0 Å². The van der Waals surface area contributed by atoms with Crippen molar-refractivity contribution in [3.05, 3.63) is 35.4 Å². The summed E-state index contributed by atoms with van der Waals surface area (Å²) in [5.41, 5.74) is 2.52. The van der Waals surface area contributed by atoms with E-state index in [1.807, 2.05) is 0 Å². The number of rotatable bonds is 0. The molecule has 1 aliphatic carbocycles. The molecule has 1 fully saturated rings. The third-order valence-corrected chi connectivity index (χ3v) is 4.36. The summed E-state index contributed by atoms with van der Waals surface area (Å²) in [5, 5.41) is 9.94. The molecule has 1 saturated heterocycles. The Hall–Kier alpha value is -0.860. The zero-order valence-electron chi connectivity index (χ0n) is 10.4. The van der Waals surface area contributed by atoms with E-state index in [-0.39, 0.29) is 11.7 Å². The zero-order chi connectivity index (χ0) is 11.9. The number of hydrogen-bond donors (Lipinski definition) is 1. The van der Waals surface area contributed by atoms with Crippen LogP contribution in [-0.2, 0) is 10.3 Å². The summed E-state index contributed by atoms with van der Waals surface area (Å²) in [4.78, 5) is 0. The first-order chi connectivity index (χ1) is 8.21. The summed E-state index contributed by atoms with van der Waals surface area (Å²) >= 11 is 0. The monoisotopic (exact) mass is 232 g/mol. The lowest BCUT2D eigenvalue weighted by molar-refractivity contribution is -0.133. The van der Waals surface area contributed by atoms with E-state index in [2.05, 4.69) is 31.2 Å². The molecule has 1 aromatic rings. The fraction of sp³-hybridized carbons (Fsp3) is 0.600. The SMILES string of the molecule is CC1CCC2(CC(O)CCO2)c2ccccc21. The lowest BCUT2D eigenvalue weighted by Crippen LogP contribution is -2.42. The lowest BCUT2D eigenvalue weighted by Gasteiger charge is -2.45. The summed E-state index contributed by atoms with van der Waals surface area (Å²) in [6, 6.07) is 8.59. The van der Waals surface area contributed by atoms with Crippen molar-refractivity contribution in [1.29, 1.82) is 0 Å². The number of ether oxygens (including phenoxy) is 1. The molecule has 1 aliphatic heterocycles. The highest BCUT2D eigenvalue weighted by atomic mass is 16.5. The molecule has 1 N–H and O–H groups in total. The maximum Gasteiger partial charge on any atom is 0.0958 e. The predicted octanol–water partition coefficient (Wildman–Crippen LogP) is 2.95. The largest absolute Gasteiger partial charge is 0.393 e. The third kappa shape index (κ3) is 1.80. The molecule has 0 saturated carbocycles. The molecule has 0 amide bonds. The standard InChI is InChI=1S/C15H20O2/c1-11-6-8-15(10-12(16)7-9-17-15)14-5-3-2-4-13(11)14/h2-5,11-12,16H,6-10H2,1H3. The van der Waals surface area contributed by atoms with Gasteiger partial charge in [-0.3, -0.25) is 0 Å². The smallest absolute Gasteiger partial charge is 0.0958 e. The third-order valence-electron chi connectivity index (χ3n) is 4.36. The van der Waals surface area contributed by atoms with Crippen molar-refractivity contribution in [1.82, 2.24) is 0 Å². The summed E-state index contributed by atoms with van der Waals surface area (Å²) in [5.74, 6) is 0.611. The number of fused-ring (bicyclic) bond motifs is 2. The molecule has 1 heterocycles. The van der Waals surface area contributed by atoms with Gasteiger partial charge < -0.3 is 9.84 Å². The molecule has 92 valence electrons. The van der Waals surface area contributed by atoms with E-state index in [1.54, 1.807) is 0 Å². The normalized spacial score (nSPS) is 36.8. The molecule has 3 rings (SSSR count). The Labute approximate surface area is 103 Å². The molecule has 3 atom stereocenters. The quantitative estimate of drug-likeness (QED) is 0.745. The average Bonchev–Trinajstić information content (AvgIpc) is 2.35. The average molecular weight is 232 g/mol. The van der Waals surface area contributed by atoms with Crippen molar-refractivity contribution in [3.8, 4) is 0 Å². The molecule has 1 spiro atoms. The molecule has 0 aromatic heterocycles. The molecule has 17 heavy (non-hydrogen) atoms. The van der Waals surface area contributed by atoms with Crippen LogP contribution in [0, 0.1) is 0 Å². The van der Waals surface area contributed by atoms with Crippen LogP contribution in [-0.4, -0.2) is 17.8 Å². The van der Waals surface area contributed by atoms with Crippen LogP contribution in [0.15, 0.2) is 24.3 Å². The summed E-state index contributed by atoms with van der Waals surface area (Å²) < 4.78 is 6.09. The van der Waals surface area contributed by atoms with E-state index in [4.69, 9.17) is 4.74 Å². The van der Waals surface area contributed by atoms with Crippen molar-refractivity contribution in [2.45, 2.75) is 50.2 Å². The second kappa shape index (κ2) is 4.11. The molecular weight excluding hydrogens is 212 g/mol. The fourth-order valence-electron chi connectivity index (χ4n) is 3.38. The van der Waals surface area contributed by atoms with Crippen LogP contribution in [0.4, 0.5) is 0 Å². The second-order valence-corrected chi connectivity index (χ2v) is 5.52. The van der Waals surface area contributed by atoms with Crippen LogP contribution < -0.4 is 0 Å². The second-order valence-electron chi connectivity index (χ2n) is 5.52. The van der Waals surface area contributed by atoms with Gasteiger partial charge in [0.25, 0.3) is 0 Å². The topological polar surface area (TPSA) is 29.5 Å². The fourth-order valence-corrected chi connectivity index (χ4v) is 3.38. The van der Waals surface area contributed by atoms with Crippen molar-refractivity contribution in [2.75, 3.05) is 6.61 Å². The lowest BCUT2D eigenvalue weighted by atomic mass is 9.71. The molecule has 2 heteroatoms. The summed E-state index contributed by atoms with van der Waals surface area (Å²) in [6.45, 7) is 2.97. The van der Waals surface area contributed by atoms with E-state index in [1.165, 1.54) is 11.1 Å². The number of aliphatic hydroxyl groups excluding tert-OH is 1. The molecule has 0 bridgehead atoms. The van der Waals surface area contributed by atoms with E-state index >= 15 is 0 Å². The Morgan fingerprint density at radius 3 is 2.94 bits per heavy atom. The van der Waals surface area contributed by atoms with E-state index in [9.17, 15) is 5.11 Å². The molecule has 1 aromatic carbocycles. The first-order valence-corrected chi connectivity index (χ1v) is 6.63. The van der Waals surface area contributed by atoms with Gasteiger partial charge in [0.1, 0.15) is 0 Å². The minimum Gasteiger partial charge on any atom is -0.393 e. The van der Waals surface area contributed by atoms with Gasteiger partial charge in [-0.15, -0.1) is 0 Å². The van der Waals surface area contributed by atoms with E-state index < -0.39 is 0 Å². The van der Waals surface area contributed by atoms with Crippen LogP contribution in [0.2, 0.25) is 0 Å². The molecule has 2 nitrogen and oxygen atoms in total. The maximum absolute atomic E-state index is 9.94. The molecule has 0 radical (unpaired) electrons. The predicted molar refractivity (Wildman–Crippen MR) is 67.0 cm³/mol. The van der Waals surface area contributed by atoms with Crippen molar-refractivity contribution in [3.63, 3.8) is 0 Å². The Morgan fingerprint density at radius 2 is 2.12 bits per heavy atom. The minimum atomic E-state index is -0.208. The first kappa shape index (κ1) is 11.2. The van der Waals surface area contributed by atoms with Gasteiger partial charge in [0.2, 0.25) is 0 Å². The zero-order valence-corrected chi connectivity index (χ0v) is 10.4. The van der Waals surface area contributed by atoms with Crippen LogP contribution in [0.25, 0.3) is 0 Å². The Morgan fingerprint density at radius 1 is 1.29 bits per heavy atom. The van der Waals surface area contributed by atoms with Crippen molar-refractivity contribution in [2.24, 2.45) is 0 Å². The summed E-state index contributed by atoms with van der Waals surface area (Å²) in [7, 11) is 0. The maximum atomic E-state index is 9.94. The Balaban J connectivity index is 2.05. The van der Waals surface area contributed by atoms with Gasteiger partial charge >= 0.3 is 0 Å². The van der Waals surface area contributed by atoms with Crippen molar-refractivity contribution < 1.29 is 9.84 Å².